The number of rotatable bonds is 6. The Morgan fingerprint density at radius 1 is 1.35 bits per heavy atom. The van der Waals surface area contributed by atoms with Crippen molar-refractivity contribution in [3.63, 3.8) is 0 Å². The molecule has 0 saturated carbocycles. The number of sulfonamides is 1. The molecule has 0 unspecified atom stereocenters. The summed E-state index contributed by atoms with van der Waals surface area (Å²) in [6.07, 6.45) is 1.26. The molecule has 0 fully saturated rings. The van der Waals surface area contributed by atoms with Crippen molar-refractivity contribution in [2.24, 2.45) is 5.73 Å². The Morgan fingerprint density at radius 3 is 2.40 bits per heavy atom. The SMILES string of the molecule is CCC(N)(CC)CNS(=O)(=O)c1cc(F)ccc1Cl.Cl. The van der Waals surface area contributed by atoms with Crippen molar-refractivity contribution in [3.8, 4) is 0 Å². The van der Waals surface area contributed by atoms with E-state index in [1.807, 2.05) is 13.8 Å². The number of halogens is 3. The van der Waals surface area contributed by atoms with Gasteiger partial charge in [-0.3, -0.25) is 0 Å². The average molecular weight is 345 g/mol. The van der Waals surface area contributed by atoms with E-state index < -0.39 is 21.4 Å². The number of benzene rings is 1. The molecular formula is C12H19Cl2FN2O2S. The molecule has 4 nitrogen and oxygen atoms in total. The zero-order chi connectivity index (χ0) is 14.7. The molecule has 1 aromatic rings. The van der Waals surface area contributed by atoms with Crippen LogP contribution >= 0.6 is 24.0 Å². The summed E-state index contributed by atoms with van der Waals surface area (Å²) in [4.78, 5) is -0.274. The highest BCUT2D eigenvalue weighted by molar-refractivity contribution is 7.89. The molecule has 0 bridgehead atoms. The van der Waals surface area contributed by atoms with E-state index in [0.29, 0.717) is 12.8 Å². The van der Waals surface area contributed by atoms with Gasteiger partial charge in [0.15, 0.2) is 0 Å². The van der Waals surface area contributed by atoms with Crippen molar-refractivity contribution < 1.29 is 12.8 Å². The molecule has 3 N–H and O–H groups in total. The lowest BCUT2D eigenvalue weighted by molar-refractivity contribution is 0.391. The molecule has 1 rings (SSSR count). The summed E-state index contributed by atoms with van der Waals surface area (Å²) in [5, 5.41) is -0.0236. The summed E-state index contributed by atoms with van der Waals surface area (Å²) in [5.74, 6) is -0.658. The zero-order valence-electron chi connectivity index (χ0n) is 11.3. The van der Waals surface area contributed by atoms with Crippen molar-refractivity contribution in [2.45, 2.75) is 37.1 Å². The fraction of sp³-hybridized carbons (Fsp3) is 0.500. The lowest BCUT2D eigenvalue weighted by Crippen LogP contribution is -2.49. The second-order valence-corrected chi connectivity index (χ2v) is 6.61. The normalized spacial score (nSPS) is 12.1. The van der Waals surface area contributed by atoms with Crippen LogP contribution in [-0.2, 0) is 10.0 Å². The molecule has 1 aromatic carbocycles. The van der Waals surface area contributed by atoms with Crippen LogP contribution in [0.2, 0.25) is 5.02 Å². The van der Waals surface area contributed by atoms with Gasteiger partial charge >= 0.3 is 0 Å². The van der Waals surface area contributed by atoms with Gasteiger partial charge in [0.2, 0.25) is 10.0 Å². The Bertz CT molecular complexity index is 548. The molecule has 0 radical (unpaired) electrons. The van der Waals surface area contributed by atoms with Crippen molar-refractivity contribution in [3.05, 3.63) is 29.0 Å². The summed E-state index contributed by atoms with van der Waals surface area (Å²) < 4.78 is 39.6. The Kier molecular flexibility index (Phi) is 7.41. The Hall–Kier alpha value is -0.400. The van der Waals surface area contributed by atoms with Gasteiger partial charge in [0.25, 0.3) is 0 Å². The minimum absolute atomic E-state index is 0. The van der Waals surface area contributed by atoms with Gasteiger partial charge < -0.3 is 5.73 Å². The number of hydrogen-bond acceptors (Lipinski definition) is 3. The second kappa shape index (κ2) is 7.56. The van der Waals surface area contributed by atoms with Crippen LogP contribution in [0.1, 0.15) is 26.7 Å². The van der Waals surface area contributed by atoms with Crippen LogP contribution < -0.4 is 10.5 Å². The quantitative estimate of drug-likeness (QED) is 0.833. The molecule has 0 aliphatic carbocycles. The zero-order valence-corrected chi connectivity index (χ0v) is 13.7. The Morgan fingerprint density at radius 2 is 1.90 bits per heavy atom. The molecule has 0 amide bonds. The predicted molar refractivity (Wildman–Crippen MR) is 81.3 cm³/mol. The molecule has 0 heterocycles. The van der Waals surface area contributed by atoms with Crippen molar-refractivity contribution in [1.82, 2.24) is 4.72 Å². The van der Waals surface area contributed by atoms with E-state index in [2.05, 4.69) is 4.72 Å². The first kappa shape index (κ1) is 19.6. The molecule has 0 atom stereocenters. The van der Waals surface area contributed by atoms with E-state index in [-0.39, 0.29) is 28.9 Å². The van der Waals surface area contributed by atoms with E-state index in [9.17, 15) is 12.8 Å². The summed E-state index contributed by atoms with van der Waals surface area (Å²) in [5.41, 5.74) is 5.40. The fourth-order valence-corrected chi connectivity index (χ4v) is 3.15. The van der Waals surface area contributed by atoms with Crippen molar-refractivity contribution in [1.29, 1.82) is 0 Å². The first-order valence-corrected chi connectivity index (χ1v) is 7.84. The van der Waals surface area contributed by atoms with Crippen LogP contribution in [0.15, 0.2) is 23.1 Å². The third-order valence-electron chi connectivity index (χ3n) is 3.21. The summed E-state index contributed by atoms with van der Waals surface area (Å²) in [7, 11) is -3.87. The molecule has 8 heteroatoms. The van der Waals surface area contributed by atoms with Crippen LogP contribution in [0.5, 0.6) is 0 Å². The Labute approximate surface area is 130 Å². The minimum Gasteiger partial charge on any atom is -0.324 e. The van der Waals surface area contributed by atoms with Crippen LogP contribution in [0.3, 0.4) is 0 Å². The lowest BCUT2D eigenvalue weighted by atomic mass is 9.95. The maximum absolute atomic E-state index is 13.1. The molecule has 0 aromatic heterocycles. The molecule has 0 saturated heterocycles. The maximum atomic E-state index is 13.1. The van der Waals surface area contributed by atoms with Crippen LogP contribution in [0.25, 0.3) is 0 Å². The highest BCUT2D eigenvalue weighted by atomic mass is 35.5. The molecule has 116 valence electrons. The van der Waals surface area contributed by atoms with Gasteiger partial charge in [0.1, 0.15) is 10.7 Å². The van der Waals surface area contributed by atoms with Gasteiger partial charge in [0.05, 0.1) is 5.02 Å². The highest BCUT2D eigenvalue weighted by Crippen LogP contribution is 2.22. The van der Waals surface area contributed by atoms with Gasteiger partial charge in [-0.15, -0.1) is 12.4 Å². The van der Waals surface area contributed by atoms with Crippen LogP contribution in [0, 0.1) is 5.82 Å². The maximum Gasteiger partial charge on any atom is 0.242 e. The minimum atomic E-state index is -3.87. The van der Waals surface area contributed by atoms with Crippen LogP contribution in [0.4, 0.5) is 4.39 Å². The van der Waals surface area contributed by atoms with Gasteiger partial charge in [-0.25, -0.2) is 17.5 Å². The highest BCUT2D eigenvalue weighted by Gasteiger charge is 2.25. The van der Waals surface area contributed by atoms with Gasteiger partial charge in [-0.2, -0.15) is 0 Å². The van der Waals surface area contributed by atoms with E-state index >= 15 is 0 Å². The third-order valence-corrected chi connectivity index (χ3v) is 5.09. The number of nitrogens with one attached hydrogen (secondary N) is 1. The standard InChI is InChI=1S/C12H18ClFN2O2S.ClH/c1-3-12(15,4-2)8-16-19(17,18)11-7-9(14)5-6-10(11)13;/h5-7,16H,3-4,8,15H2,1-2H3;1H. The molecule has 0 aliphatic heterocycles. The summed E-state index contributed by atoms with van der Waals surface area (Å²) in [6, 6.07) is 3.20. The molecule has 0 spiro atoms. The van der Waals surface area contributed by atoms with Crippen LogP contribution in [-0.4, -0.2) is 20.5 Å². The summed E-state index contributed by atoms with van der Waals surface area (Å²) >= 11 is 5.78. The van der Waals surface area contributed by atoms with Gasteiger partial charge in [0, 0.05) is 12.1 Å². The third kappa shape index (κ3) is 4.86. The monoisotopic (exact) mass is 344 g/mol. The van der Waals surface area contributed by atoms with E-state index in [0.717, 1.165) is 12.1 Å². The first-order valence-electron chi connectivity index (χ1n) is 5.97. The predicted octanol–water partition coefficient (Wildman–Crippen LogP) is 2.70. The largest absolute Gasteiger partial charge is 0.324 e. The van der Waals surface area contributed by atoms with Gasteiger partial charge in [-0.1, -0.05) is 25.4 Å². The van der Waals surface area contributed by atoms with Gasteiger partial charge in [-0.05, 0) is 31.0 Å². The average Bonchev–Trinajstić information content (AvgIpc) is 2.39. The topological polar surface area (TPSA) is 72.2 Å². The van der Waals surface area contributed by atoms with E-state index in [1.165, 1.54) is 6.07 Å². The number of nitrogens with two attached hydrogens (primary N) is 1. The lowest BCUT2D eigenvalue weighted by Gasteiger charge is -2.26. The molecular weight excluding hydrogens is 326 g/mol. The van der Waals surface area contributed by atoms with Crippen molar-refractivity contribution in [2.75, 3.05) is 6.54 Å². The number of hydrogen-bond donors (Lipinski definition) is 2. The Balaban J connectivity index is 0.00000361. The summed E-state index contributed by atoms with van der Waals surface area (Å²) in [6.45, 7) is 3.84. The first-order chi connectivity index (χ1) is 8.74. The smallest absolute Gasteiger partial charge is 0.242 e. The second-order valence-electron chi connectivity index (χ2n) is 4.47. The molecule has 0 aliphatic rings. The van der Waals surface area contributed by atoms with E-state index in [4.69, 9.17) is 17.3 Å². The molecule has 20 heavy (non-hydrogen) atoms. The van der Waals surface area contributed by atoms with Crippen molar-refractivity contribution >= 4 is 34.0 Å². The fourth-order valence-electron chi connectivity index (χ4n) is 1.50. The van der Waals surface area contributed by atoms with E-state index in [1.54, 1.807) is 0 Å².